The Morgan fingerprint density at radius 3 is 2.85 bits per heavy atom. The molecule has 3 aromatic rings. The van der Waals surface area contributed by atoms with Gasteiger partial charge >= 0.3 is 0 Å². The molecular formula is C20H21N5O2. The number of pyridine rings is 1. The van der Waals surface area contributed by atoms with Crippen LogP contribution in [0.1, 0.15) is 34.9 Å². The number of imidazole rings is 1. The quantitative estimate of drug-likeness (QED) is 0.766. The van der Waals surface area contributed by atoms with Gasteiger partial charge in [0.25, 0.3) is 5.91 Å². The predicted octanol–water partition coefficient (Wildman–Crippen LogP) is 1.94. The number of nitrogens with two attached hydrogens (primary N) is 1. The van der Waals surface area contributed by atoms with Crippen molar-refractivity contribution < 1.29 is 9.59 Å². The van der Waals surface area contributed by atoms with E-state index in [0.29, 0.717) is 18.7 Å². The van der Waals surface area contributed by atoms with Crippen molar-refractivity contribution in [1.82, 2.24) is 19.4 Å². The van der Waals surface area contributed by atoms with E-state index in [2.05, 4.69) is 9.97 Å². The Morgan fingerprint density at radius 2 is 2.00 bits per heavy atom. The molecule has 0 spiro atoms. The van der Waals surface area contributed by atoms with Crippen molar-refractivity contribution in [2.45, 2.75) is 25.3 Å². The number of nitrogens with zero attached hydrogens (tertiary/aromatic N) is 4. The van der Waals surface area contributed by atoms with Crippen LogP contribution in [0.25, 0.3) is 10.9 Å². The summed E-state index contributed by atoms with van der Waals surface area (Å²) in [6.07, 6.45) is 6.93. The molecule has 4 rings (SSSR count). The number of rotatable bonds is 4. The molecule has 1 unspecified atom stereocenters. The fourth-order valence-corrected chi connectivity index (χ4v) is 3.81. The van der Waals surface area contributed by atoms with Crippen LogP contribution in [0.3, 0.4) is 0 Å². The SMILES string of the molecule is NC(=O)Cn1ccnc1C1CCCN(C(=O)c2ccnc3ccccc23)C1. The molecular weight excluding hydrogens is 342 g/mol. The highest BCUT2D eigenvalue weighted by Gasteiger charge is 2.28. The van der Waals surface area contributed by atoms with Gasteiger partial charge in [0, 0.05) is 43.0 Å². The summed E-state index contributed by atoms with van der Waals surface area (Å²) in [6.45, 7) is 1.39. The van der Waals surface area contributed by atoms with Crippen LogP contribution in [0.5, 0.6) is 0 Å². The van der Waals surface area contributed by atoms with Crippen LogP contribution in [0.4, 0.5) is 0 Å². The first-order valence-electron chi connectivity index (χ1n) is 9.06. The van der Waals surface area contributed by atoms with Crippen molar-refractivity contribution in [1.29, 1.82) is 0 Å². The van der Waals surface area contributed by atoms with E-state index >= 15 is 0 Å². The van der Waals surface area contributed by atoms with Crippen LogP contribution in [0, 0.1) is 0 Å². The number of piperidine rings is 1. The standard InChI is InChI=1S/C20H21N5O2/c21-18(26)13-24-11-9-23-19(24)14-4-3-10-25(12-14)20(27)16-7-8-22-17-6-2-1-5-15(16)17/h1-2,5-9,11,14H,3-4,10,12-13H2,(H2,21,26). The fraction of sp³-hybridized carbons (Fsp3) is 0.300. The third-order valence-electron chi connectivity index (χ3n) is 5.03. The maximum atomic E-state index is 13.2. The Labute approximate surface area is 156 Å². The molecule has 1 aliphatic heterocycles. The van der Waals surface area contributed by atoms with Gasteiger partial charge in [0.05, 0.1) is 11.1 Å². The molecule has 138 valence electrons. The highest BCUT2D eigenvalue weighted by atomic mass is 16.2. The molecule has 0 radical (unpaired) electrons. The fourth-order valence-electron chi connectivity index (χ4n) is 3.81. The van der Waals surface area contributed by atoms with E-state index in [9.17, 15) is 9.59 Å². The van der Waals surface area contributed by atoms with Gasteiger partial charge in [-0.2, -0.15) is 0 Å². The summed E-state index contributed by atoms with van der Waals surface area (Å²) in [5.41, 5.74) is 6.81. The molecule has 2 amide bonds. The van der Waals surface area contributed by atoms with Crippen LogP contribution in [0.2, 0.25) is 0 Å². The molecule has 7 heteroatoms. The second-order valence-electron chi connectivity index (χ2n) is 6.85. The summed E-state index contributed by atoms with van der Waals surface area (Å²) in [5, 5.41) is 0.863. The third-order valence-corrected chi connectivity index (χ3v) is 5.03. The lowest BCUT2D eigenvalue weighted by Crippen LogP contribution is -2.40. The summed E-state index contributed by atoms with van der Waals surface area (Å²) in [4.78, 5) is 35.1. The first-order valence-corrected chi connectivity index (χ1v) is 9.06. The summed E-state index contributed by atoms with van der Waals surface area (Å²) < 4.78 is 1.78. The average Bonchev–Trinajstić information content (AvgIpc) is 3.14. The van der Waals surface area contributed by atoms with E-state index in [4.69, 9.17) is 5.73 Å². The second kappa shape index (κ2) is 7.19. The van der Waals surface area contributed by atoms with Gasteiger partial charge in [0.15, 0.2) is 0 Å². The Bertz CT molecular complexity index is 991. The lowest BCUT2D eigenvalue weighted by molar-refractivity contribution is -0.118. The summed E-state index contributed by atoms with van der Waals surface area (Å²) in [6, 6.07) is 9.45. The number of hydrogen-bond donors (Lipinski definition) is 1. The Kier molecular flexibility index (Phi) is 4.58. The smallest absolute Gasteiger partial charge is 0.254 e. The molecule has 27 heavy (non-hydrogen) atoms. The minimum absolute atomic E-state index is 0.00584. The van der Waals surface area contributed by atoms with E-state index in [1.54, 1.807) is 29.2 Å². The molecule has 1 fully saturated rings. The van der Waals surface area contributed by atoms with Gasteiger partial charge in [0.1, 0.15) is 12.4 Å². The zero-order valence-electron chi connectivity index (χ0n) is 14.9. The van der Waals surface area contributed by atoms with Gasteiger partial charge in [-0.3, -0.25) is 14.6 Å². The normalized spacial score (nSPS) is 17.2. The van der Waals surface area contributed by atoms with Crippen LogP contribution < -0.4 is 5.73 Å². The largest absolute Gasteiger partial charge is 0.368 e. The topological polar surface area (TPSA) is 94.1 Å². The van der Waals surface area contributed by atoms with Crippen molar-refractivity contribution in [3.8, 4) is 0 Å². The zero-order valence-corrected chi connectivity index (χ0v) is 14.9. The zero-order chi connectivity index (χ0) is 18.8. The number of amides is 2. The monoisotopic (exact) mass is 363 g/mol. The molecule has 0 bridgehead atoms. The van der Waals surface area contributed by atoms with Gasteiger partial charge in [-0.05, 0) is 25.0 Å². The van der Waals surface area contributed by atoms with Gasteiger partial charge < -0.3 is 15.2 Å². The average molecular weight is 363 g/mol. The van der Waals surface area contributed by atoms with Crippen LogP contribution in [0.15, 0.2) is 48.9 Å². The Morgan fingerprint density at radius 1 is 1.15 bits per heavy atom. The first kappa shape index (κ1) is 17.2. The number of carbonyl (C=O) groups is 2. The predicted molar refractivity (Wildman–Crippen MR) is 101 cm³/mol. The van der Waals surface area contributed by atoms with Crippen LogP contribution in [-0.2, 0) is 11.3 Å². The second-order valence-corrected chi connectivity index (χ2v) is 6.85. The third kappa shape index (κ3) is 3.40. The van der Waals surface area contributed by atoms with Gasteiger partial charge in [-0.1, -0.05) is 18.2 Å². The number of para-hydroxylation sites is 1. The number of carbonyl (C=O) groups excluding carboxylic acids is 2. The molecule has 0 saturated carbocycles. The first-order chi connectivity index (χ1) is 13.1. The number of aromatic nitrogens is 3. The van der Waals surface area contributed by atoms with E-state index in [1.165, 1.54) is 0 Å². The number of hydrogen-bond acceptors (Lipinski definition) is 4. The van der Waals surface area contributed by atoms with Crippen molar-refractivity contribution >= 4 is 22.7 Å². The Hall–Kier alpha value is -3.22. The highest BCUT2D eigenvalue weighted by Crippen LogP contribution is 2.28. The lowest BCUT2D eigenvalue weighted by Gasteiger charge is -2.33. The molecule has 1 saturated heterocycles. The molecule has 1 atom stereocenters. The van der Waals surface area contributed by atoms with Gasteiger partial charge in [-0.25, -0.2) is 4.98 Å². The van der Waals surface area contributed by atoms with E-state index < -0.39 is 5.91 Å². The van der Waals surface area contributed by atoms with Crippen molar-refractivity contribution in [2.75, 3.05) is 13.1 Å². The summed E-state index contributed by atoms with van der Waals surface area (Å²) in [5.74, 6) is 0.503. The number of likely N-dealkylation sites (tertiary alicyclic amines) is 1. The number of benzene rings is 1. The molecule has 0 aliphatic carbocycles. The van der Waals surface area contributed by atoms with Gasteiger partial charge in [0.2, 0.25) is 5.91 Å². The molecule has 2 aromatic heterocycles. The molecule has 3 heterocycles. The lowest BCUT2D eigenvalue weighted by atomic mass is 9.96. The molecule has 7 nitrogen and oxygen atoms in total. The van der Waals surface area contributed by atoms with E-state index in [-0.39, 0.29) is 18.4 Å². The van der Waals surface area contributed by atoms with E-state index in [1.807, 2.05) is 29.2 Å². The highest BCUT2D eigenvalue weighted by molar-refractivity contribution is 6.06. The number of fused-ring (bicyclic) bond motifs is 1. The maximum Gasteiger partial charge on any atom is 0.254 e. The molecule has 1 aromatic carbocycles. The molecule has 1 aliphatic rings. The number of primary amides is 1. The summed E-state index contributed by atoms with van der Waals surface area (Å²) in [7, 11) is 0. The minimum atomic E-state index is -0.402. The van der Waals surface area contributed by atoms with Crippen molar-refractivity contribution in [3.05, 3.63) is 60.3 Å². The van der Waals surface area contributed by atoms with Gasteiger partial charge in [-0.15, -0.1) is 0 Å². The molecule has 2 N–H and O–H groups in total. The minimum Gasteiger partial charge on any atom is -0.368 e. The van der Waals surface area contributed by atoms with Crippen molar-refractivity contribution in [3.63, 3.8) is 0 Å². The van der Waals surface area contributed by atoms with Crippen molar-refractivity contribution in [2.24, 2.45) is 5.73 Å². The maximum absolute atomic E-state index is 13.2. The van der Waals surface area contributed by atoms with Crippen LogP contribution in [-0.4, -0.2) is 44.3 Å². The van der Waals surface area contributed by atoms with Crippen LogP contribution >= 0.6 is 0 Å². The van der Waals surface area contributed by atoms with E-state index in [0.717, 1.165) is 29.6 Å². The Balaban J connectivity index is 1.59. The summed E-state index contributed by atoms with van der Waals surface area (Å²) >= 11 is 0.